The Balaban J connectivity index is 1.95. The van der Waals surface area contributed by atoms with Crippen molar-refractivity contribution in [2.75, 3.05) is 5.32 Å². The molecule has 0 bridgehead atoms. The molecule has 0 radical (unpaired) electrons. The van der Waals surface area contributed by atoms with Gasteiger partial charge in [0.2, 0.25) is 11.7 Å². The minimum Gasteiger partial charge on any atom is -0.438 e. The molecule has 0 aliphatic heterocycles. The van der Waals surface area contributed by atoms with Crippen molar-refractivity contribution in [3.05, 3.63) is 79.8 Å². The number of aromatic nitrogens is 1. The predicted molar refractivity (Wildman–Crippen MR) is 109 cm³/mol. The highest BCUT2D eigenvalue weighted by Gasteiger charge is 2.18. The van der Waals surface area contributed by atoms with Crippen molar-refractivity contribution in [1.82, 2.24) is 4.98 Å². The fourth-order valence-corrected chi connectivity index (χ4v) is 3.34. The zero-order valence-corrected chi connectivity index (χ0v) is 16.6. The first kappa shape index (κ1) is 19.3. The Morgan fingerprint density at radius 1 is 1.14 bits per heavy atom. The number of benzene rings is 2. The summed E-state index contributed by atoms with van der Waals surface area (Å²) in [5.41, 5.74) is 2.71. The summed E-state index contributed by atoms with van der Waals surface area (Å²) in [6, 6.07) is 15.2. The highest BCUT2D eigenvalue weighted by Crippen LogP contribution is 2.34. The maximum absolute atomic E-state index is 11.4. The van der Waals surface area contributed by atoms with Gasteiger partial charge in [-0.3, -0.25) is 10.1 Å². The van der Waals surface area contributed by atoms with E-state index in [1.807, 2.05) is 32.0 Å². The largest absolute Gasteiger partial charge is 0.438 e. The number of pyridine rings is 1. The van der Waals surface area contributed by atoms with Gasteiger partial charge in [0.05, 0.1) is 16.6 Å². The van der Waals surface area contributed by atoms with Crippen LogP contribution in [0.25, 0.3) is 0 Å². The minimum atomic E-state index is -0.515. The summed E-state index contributed by atoms with van der Waals surface area (Å²) in [7, 11) is 0. The number of nitrogens with zero attached hydrogens (tertiary/aromatic N) is 3. The average Bonchev–Trinajstić information content (AvgIpc) is 2.65. The molecule has 0 spiro atoms. The Labute approximate surface area is 169 Å². The number of halogens is 1. The predicted octanol–water partition coefficient (Wildman–Crippen LogP) is 5.78. The molecule has 0 fully saturated rings. The molecule has 0 saturated heterocycles. The van der Waals surface area contributed by atoms with Crippen LogP contribution in [0.2, 0.25) is 0 Å². The normalized spacial score (nSPS) is 10.2. The Hall–Kier alpha value is -3.44. The Bertz CT molecular complexity index is 1070. The van der Waals surface area contributed by atoms with Crippen LogP contribution >= 0.6 is 15.9 Å². The van der Waals surface area contributed by atoms with E-state index in [9.17, 15) is 10.1 Å². The molecule has 1 heterocycles. The number of nitrogens with one attached hydrogen (secondary N) is 1. The van der Waals surface area contributed by atoms with Gasteiger partial charge in [-0.2, -0.15) is 10.2 Å². The summed E-state index contributed by atoms with van der Waals surface area (Å²) in [6.45, 7) is 3.82. The molecule has 3 rings (SSSR count). The highest BCUT2D eigenvalue weighted by molar-refractivity contribution is 9.10. The van der Waals surface area contributed by atoms with Crippen LogP contribution in [0.3, 0.4) is 0 Å². The summed E-state index contributed by atoms with van der Waals surface area (Å²) in [4.78, 5) is 15.1. The van der Waals surface area contributed by atoms with Crippen LogP contribution in [0.1, 0.15) is 16.7 Å². The maximum atomic E-state index is 11.4. The molecule has 7 nitrogen and oxygen atoms in total. The number of aryl methyl sites for hydroxylation is 2. The van der Waals surface area contributed by atoms with Gasteiger partial charge < -0.3 is 10.1 Å². The third kappa shape index (κ3) is 4.27. The summed E-state index contributed by atoms with van der Waals surface area (Å²) in [6.07, 6.45) is 0. The van der Waals surface area contributed by atoms with Crippen molar-refractivity contribution in [3.8, 4) is 17.7 Å². The van der Waals surface area contributed by atoms with Crippen LogP contribution in [0.5, 0.6) is 11.6 Å². The Kier molecular flexibility index (Phi) is 5.57. The van der Waals surface area contributed by atoms with Crippen molar-refractivity contribution in [3.63, 3.8) is 0 Å². The second kappa shape index (κ2) is 8.06. The van der Waals surface area contributed by atoms with E-state index in [1.54, 1.807) is 24.3 Å². The lowest BCUT2D eigenvalue weighted by Gasteiger charge is -2.13. The van der Waals surface area contributed by atoms with E-state index in [4.69, 9.17) is 10.00 Å². The summed E-state index contributed by atoms with van der Waals surface area (Å²) in [5, 5.41) is 23.2. The lowest BCUT2D eigenvalue weighted by Crippen LogP contribution is -2.02. The molecular weight excluding hydrogens is 424 g/mol. The molecule has 0 saturated carbocycles. The van der Waals surface area contributed by atoms with Crippen LogP contribution in [-0.2, 0) is 0 Å². The number of ether oxygens (including phenoxy) is 1. The van der Waals surface area contributed by atoms with E-state index in [2.05, 4.69) is 26.2 Å². The lowest BCUT2D eigenvalue weighted by molar-refractivity contribution is -0.384. The lowest BCUT2D eigenvalue weighted by atomic mass is 10.1. The molecule has 0 aliphatic carbocycles. The standard InChI is InChI=1S/C20H15BrN4O3/c1-12-9-15(21)10-13(2)19(12)28-18-8-7-17(25(26)27)20(24-18)23-16-5-3-14(11-22)4-6-16/h3-10H,1-2H3,(H,23,24). The number of nitriles is 1. The van der Waals surface area contributed by atoms with Gasteiger partial charge in [0.25, 0.3) is 0 Å². The van der Waals surface area contributed by atoms with E-state index < -0.39 is 4.92 Å². The van der Waals surface area contributed by atoms with Crippen molar-refractivity contribution in [2.24, 2.45) is 0 Å². The molecule has 2 aromatic carbocycles. The molecule has 0 amide bonds. The third-order valence-corrected chi connectivity index (χ3v) is 4.41. The highest BCUT2D eigenvalue weighted by atomic mass is 79.9. The van der Waals surface area contributed by atoms with E-state index >= 15 is 0 Å². The quantitative estimate of drug-likeness (QED) is 0.400. The average molecular weight is 439 g/mol. The summed E-state index contributed by atoms with van der Waals surface area (Å²) in [5.74, 6) is 0.934. The zero-order chi connectivity index (χ0) is 20.3. The fourth-order valence-electron chi connectivity index (χ4n) is 2.66. The fraction of sp³-hybridized carbons (Fsp3) is 0.100. The molecule has 1 N–H and O–H groups in total. The summed E-state index contributed by atoms with van der Waals surface area (Å²) < 4.78 is 6.85. The minimum absolute atomic E-state index is 0.0552. The topological polar surface area (TPSA) is 101 Å². The monoisotopic (exact) mass is 438 g/mol. The second-order valence-electron chi connectivity index (χ2n) is 6.06. The third-order valence-electron chi connectivity index (χ3n) is 3.95. The molecule has 140 valence electrons. The van der Waals surface area contributed by atoms with Gasteiger partial charge in [0, 0.05) is 22.3 Å². The Morgan fingerprint density at radius 2 is 1.79 bits per heavy atom. The number of nitro groups is 1. The van der Waals surface area contributed by atoms with Crippen molar-refractivity contribution >= 4 is 33.1 Å². The van der Waals surface area contributed by atoms with E-state index in [0.717, 1.165) is 15.6 Å². The van der Waals surface area contributed by atoms with Gasteiger partial charge in [-0.1, -0.05) is 15.9 Å². The van der Waals surface area contributed by atoms with Gasteiger partial charge in [-0.25, -0.2) is 0 Å². The van der Waals surface area contributed by atoms with Crippen molar-refractivity contribution in [1.29, 1.82) is 5.26 Å². The first-order chi connectivity index (χ1) is 13.4. The first-order valence-corrected chi connectivity index (χ1v) is 9.04. The van der Waals surface area contributed by atoms with Crippen molar-refractivity contribution in [2.45, 2.75) is 13.8 Å². The zero-order valence-electron chi connectivity index (χ0n) is 15.1. The Morgan fingerprint density at radius 3 is 2.36 bits per heavy atom. The van der Waals surface area contributed by atoms with Gasteiger partial charge in [0.15, 0.2) is 0 Å². The van der Waals surface area contributed by atoms with Crippen LogP contribution < -0.4 is 10.1 Å². The van der Waals surface area contributed by atoms with Gasteiger partial charge in [-0.05, 0) is 61.4 Å². The van der Waals surface area contributed by atoms with Crippen LogP contribution in [0.15, 0.2) is 53.0 Å². The van der Waals surface area contributed by atoms with Gasteiger partial charge in [0.1, 0.15) is 5.75 Å². The molecular formula is C20H15BrN4O3. The molecule has 28 heavy (non-hydrogen) atoms. The van der Waals surface area contributed by atoms with Gasteiger partial charge in [-0.15, -0.1) is 0 Å². The smallest absolute Gasteiger partial charge is 0.311 e. The second-order valence-corrected chi connectivity index (χ2v) is 6.97. The van der Waals surface area contributed by atoms with Crippen LogP contribution in [0, 0.1) is 35.3 Å². The number of anilines is 2. The van der Waals surface area contributed by atoms with E-state index in [1.165, 1.54) is 12.1 Å². The number of rotatable bonds is 5. The number of hydrogen-bond donors (Lipinski definition) is 1. The van der Waals surface area contributed by atoms with E-state index in [0.29, 0.717) is 17.0 Å². The molecule has 0 unspecified atom stereocenters. The molecule has 3 aromatic rings. The van der Waals surface area contributed by atoms with Crippen LogP contribution in [-0.4, -0.2) is 9.91 Å². The molecule has 0 atom stereocenters. The molecule has 1 aromatic heterocycles. The molecule has 8 heteroatoms. The van der Waals surface area contributed by atoms with Gasteiger partial charge >= 0.3 is 5.69 Å². The SMILES string of the molecule is Cc1cc(Br)cc(C)c1Oc1ccc([N+](=O)[O-])c(Nc2ccc(C#N)cc2)n1. The summed E-state index contributed by atoms with van der Waals surface area (Å²) >= 11 is 3.44. The van der Waals surface area contributed by atoms with Crippen molar-refractivity contribution < 1.29 is 9.66 Å². The van der Waals surface area contributed by atoms with Crippen LogP contribution in [0.4, 0.5) is 17.2 Å². The molecule has 0 aliphatic rings. The first-order valence-electron chi connectivity index (χ1n) is 8.24. The van der Waals surface area contributed by atoms with E-state index in [-0.39, 0.29) is 17.4 Å². The number of hydrogen-bond acceptors (Lipinski definition) is 6. The maximum Gasteiger partial charge on any atom is 0.311 e.